The Morgan fingerprint density at radius 2 is 1.89 bits per heavy atom. The van der Waals surface area contributed by atoms with Gasteiger partial charge in [-0.3, -0.25) is 4.79 Å². The van der Waals surface area contributed by atoms with Crippen molar-refractivity contribution in [2.45, 2.75) is 13.5 Å². The second-order valence-corrected chi connectivity index (χ2v) is 6.21. The predicted octanol–water partition coefficient (Wildman–Crippen LogP) is 3.60. The van der Waals surface area contributed by atoms with Gasteiger partial charge < -0.3 is 24.7 Å². The molecule has 0 bridgehead atoms. The molecule has 0 atom stereocenters. The van der Waals surface area contributed by atoms with Crippen molar-refractivity contribution in [1.29, 1.82) is 0 Å². The van der Waals surface area contributed by atoms with Gasteiger partial charge in [-0.25, -0.2) is 4.79 Å². The standard InChI is InChI=1S/C21H23N3O4/c1-4-24(13-14-11-20(25)22-17-8-6-5-7-16(14)17)21(26)23-18-12-15(27-2)9-10-19(18)28-3/h5-12H,4,13H2,1-3H3,(H,22,25)(H,23,26). The Hall–Kier alpha value is -3.48. The van der Waals surface area contributed by atoms with Crippen LogP contribution < -0.4 is 20.3 Å². The minimum atomic E-state index is -0.293. The van der Waals surface area contributed by atoms with Crippen molar-refractivity contribution in [3.63, 3.8) is 0 Å². The van der Waals surface area contributed by atoms with Crippen molar-refractivity contribution in [3.05, 3.63) is 64.4 Å². The van der Waals surface area contributed by atoms with Crippen LogP contribution in [0.3, 0.4) is 0 Å². The highest BCUT2D eigenvalue weighted by atomic mass is 16.5. The molecule has 0 aliphatic rings. The van der Waals surface area contributed by atoms with E-state index in [0.717, 1.165) is 16.5 Å². The molecule has 0 saturated heterocycles. The maximum Gasteiger partial charge on any atom is 0.322 e. The Kier molecular flexibility index (Phi) is 5.84. The molecule has 0 fully saturated rings. The lowest BCUT2D eigenvalue weighted by molar-refractivity contribution is 0.212. The van der Waals surface area contributed by atoms with E-state index in [4.69, 9.17) is 9.47 Å². The lowest BCUT2D eigenvalue weighted by Crippen LogP contribution is -2.34. The highest BCUT2D eigenvalue weighted by molar-refractivity contribution is 5.91. The number of para-hydroxylation sites is 1. The van der Waals surface area contributed by atoms with Gasteiger partial charge in [0.25, 0.3) is 0 Å². The SMILES string of the molecule is CCN(Cc1cc(=O)[nH]c2ccccc12)C(=O)Nc1cc(OC)ccc1OC. The van der Waals surface area contributed by atoms with Crippen molar-refractivity contribution in [2.75, 3.05) is 26.1 Å². The van der Waals surface area contributed by atoms with Crippen LogP contribution in [0.5, 0.6) is 11.5 Å². The number of hydrogen-bond acceptors (Lipinski definition) is 4. The number of methoxy groups -OCH3 is 2. The van der Waals surface area contributed by atoms with Crippen LogP contribution in [0.2, 0.25) is 0 Å². The molecule has 146 valence electrons. The van der Waals surface area contributed by atoms with Gasteiger partial charge in [-0.15, -0.1) is 0 Å². The van der Waals surface area contributed by atoms with E-state index < -0.39 is 0 Å². The van der Waals surface area contributed by atoms with Gasteiger partial charge in [0.05, 0.1) is 19.9 Å². The molecule has 7 heteroatoms. The van der Waals surface area contributed by atoms with E-state index in [1.807, 2.05) is 31.2 Å². The molecule has 7 nitrogen and oxygen atoms in total. The largest absolute Gasteiger partial charge is 0.497 e. The summed E-state index contributed by atoms with van der Waals surface area (Å²) < 4.78 is 10.5. The van der Waals surface area contributed by atoms with Crippen LogP contribution in [-0.2, 0) is 6.54 Å². The number of carbonyl (C=O) groups excluding carboxylic acids is 1. The third-order valence-electron chi connectivity index (χ3n) is 4.51. The number of fused-ring (bicyclic) bond motifs is 1. The fourth-order valence-corrected chi connectivity index (χ4v) is 3.05. The highest BCUT2D eigenvalue weighted by Crippen LogP contribution is 2.29. The quantitative estimate of drug-likeness (QED) is 0.683. The second-order valence-electron chi connectivity index (χ2n) is 6.21. The summed E-state index contributed by atoms with van der Waals surface area (Å²) in [6.07, 6.45) is 0. The molecule has 1 aromatic heterocycles. The molecule has 3 aromatic rings. The van der Waals surface area contributed by atoms with Crippen LogP contribution in [0, 0.1) is 0 Å². The Balaban J connectivity index is 1.87. The van der Waals surface area contributed by atoms with Crippen molar-refractivity contribution in [3.8, 4) is 11.5 Å². The zero-order valence-electron chi connectivity index (χ0n) is 16.1. The number of amides is 2. The number of ether oxygens (including phenoxy) is 2. The second kappa shape index (κ2) is 8.47. The van der Waals surface area contributed by atoms with Gasteiger partial charge in [-0.2, -0.15) is 0 Å². The van der Waals surface area contributed by atoms with E-state index in [9.17, 15) is 9.59 Å². The Morgan fingerprint density at radius 3 is 2.61 bits per heavy atom. The number of aromatic amines is 1. The number of rotatable bonds is 6. The normalized spacial score (nSPS) is 10.5. The zero-order valence-corrected chi connectivity index (χ0v) is 16.1. The van der Waals surface area contributed by atoms with E-state index >= 15 is 0 Å². The van der Waals surface area contributed by atoms with E-state index in [0.29, 0.717) is 30.3 Å². The van der Waals surface area contributed by atoms with Gasteiger partial charge in [-0.1, -0.05) is 18.2 Å². The topological polar surface area (TPSA) is 83.7 Å². The van der Waals surface area contributed by atoms with Crippen molar-refractivity contribution in [1.82, 2.24) is 9.88 Å². The molecule has 1 heterocycles. The van der Waals surface area contributed by atoms with Crippen molar-refractivity contribution >= 4 is 22.6 Å². The molecule has 0 unspecified atom stereocenters. The van der Waals surface area contributed by atoms with Crippen LogP contribution in [0.25, 0.3) is 10.9 Å². The van der Waals surface area contributed by atoms with E-state index in [2.05, 4.69) is 10.3 Å². The number of urea groups is 1. The number of pyridine rings is 1. The maximum atomic E-state index is 12.9. The minimum Gasteiger partial charge on any atom is -0.497 e. The molecule has 0 aliphatic carbocycles. The van der Waals surface area contributed by atoms with E-state index in [-0.39, 0.29) is 11.6 Å². The summed E-state index contributed by atoms with van der Waals surface area (Å²) in [4.78, 5) is 29.3. The first-order valence-corrected chi connectivity index (χ1v) is 8.94. The molecule has 2 amide bonds. The fourth-order valence-electron chi connectivity index (χ4n) is 3.05. The maximum absolute atomic E-state index is 12.9. The summed E-state index contributed by atoms with van der Waals surface area (Å²) in [5.41, 5.74) is 1.85. The van der Waals surface area contributed by atoms with Gasteiger partial charge in [0.1, 0.15) is 11.5 Å². The molecule has 2 N–H and O–H groups in total. The number of nitrogens with one attached hydrogen (secondary N) is 2. The third-order valence-corrected chi connectivity index (χ3v) is 4.51. The van der Waals surface area contributed by atoms with Crippen LogP contribution in [0.15, 0.2) is 53.3 Å². The van der Waals surface area contributed by atoms with Gasteiger partial charge in [0.2, 0.25) is 5.56 Å². The summed E-state index contributed by atoms with van der Waals surface area (Å²) in [6, 6.07) is 14.0. The highest BCUT2D eigenvalue weighted by Gasteiger charge is 2.16. The van der Waals surface area contributed by atoms with Gasteiger partial charge >= 0.3 is 6.03 Å². The Labute approximate surface area is 162 Å². The molecule has 2 aromatic carbocycles. The van der Waals surface area contributed by atoms with E-state index in [1.54, 1.807) is 30.2 Å². The predicted molar refractivity (Wildman–Crippen MR) is 109 cm³/mol. The first kappa shape index (κ1) is 19.3. The number of anilines is 1. The molecule has 0 spiro atoms. The number of benzene rings is 2. The number of hydrogen-bond donors (Lipinski definition) is 2. The van der Waals surface area contributed by atoms with Crippen LogP contribution in [0.1, 0.15) is 12.5 Å². The lowest BCUT2D eigenvalue weighted by Gasteiger charge is -2.23. The monoisotopic (exact) mass is 381 g/mol. The number of nitrogens with zero attached hydrogens (tertiary/aromatic N) is 1. The van der Waals surface area contributed by atoms with Crippen LogP contribution in [-0.4, -0.2) is 36.7 Å². The molecular weight excluding hydrogens is 358 g/mol. The zero-order chi connectivity index (χ0) is 20.1. The average Bonchev–Trinajstić information content (AvgIpc) is 2.71. The minimum absolute atomic E-state index is 0.195. The summed E-state index contributed by atoms with van der Waals surface area (Å²) in [5, 5.41) is 3.78. The Bertz CT molecular complexity index is 1050. The number of aromatic nitrogens is 1. The number of carbonyl (C=O) groups is 1. The fraction of sp³-hybridized carbons (Fsp3) is 0.238. The first-order chi connectivity index (χ1) is 13.5. The van der Waals surface area contributed by atoms with Crippen LogP contribution in [0.4, 0.5) is 10.5 Å². The van der Waals surface area contributed by atoms with Crippen molar-refractivity contribution < 1.29 is 14.3 Å². The van der Waals surface area contributed by atoms with Gasteiger partial charge in [0, 0.05) is 36.1 Å². The first-order valence-electron chi connectivity index (χ1n) is 8.94. The molecule has 0 aliphatic heterocycles. The summed E-state index contributed by atoms with van der Waals surface area (Å²) in [5.74, 6) is 1.14. The van der Waals surface area contributed by atoms with E-state index in [1.165, 1.54) is 13.2 Å². The molecule has 0 saturated carbocycles. The van der Waals surface area contributed by atoms with Crippen molar-refractivity contribution in [2.24, 2.45) is 0 Å². The van der Waals surface area contributed by atoms with Gasteiger partial charge in [-0.05, 0) is 30.7 Å². The molecular formula is C21H23N3O4. The smallest absolute Gasteiger partial charge is 0.322 e. The summed E-state index contributed by atoms with van der Waals surface area (Å²) >= 11 is 0. The van der Waals surface area contributed by atoms with Crippen LogP contribution >= 0.6 is 0 Å². The molecule has 3 rings (SSSR count). The molecule has 0 radical (unpaired) electrons. The molecule has 28 heavy (non-hydrogen) atoms. The average molecular weight is 381 g/mol. The number of H-pyrrole nitrogens is 1. The Morgan fingerprint density at radius 1 is 1.11 bits per heavy atom. The third kappa shape index (κ3) is 4.09. The van der Waals surface area contributed by atoms with Gasteiger partial charge in [0.15, 0.2) is 0 Å². The summed E-state index contributed by atoms with van der Waals surface area (Å²) in [6.45, 7) is 2.66. The summed E-state index contributed by atoms with van der Waals surface area (Å²) in [7, 11) is 3.10. The lowest BCUT2D eigenvalue weighted by atomic mass is 10.1.